The van der Waals surface area contributed by atoms with E-state index in [2.05, 4.69) is 37.2 Å². The number of aromatic nitrogens is 2. The first kappa shape index (κ1) is 16.4. The number of carbonyl (C=O) groups is 1. The molecule has 2 unspecified atom stereocenters. The van der Waals surface area contributed by atoms with Crippen molar-refractivity contribution in [3.05, 3.63) is 11.9 Å². The molecule has 1 aliphatic carbocycles. The fourth-order valence-electron chi connectivity index (χ4n) is 3.13. The molecule has 1 aromatic rings. The lowest BCUT2D eigenvalue weighted by Crippen LogP contribution is -2.27. The molecule has 0 aromatic carbocycles. The highest BCUT2D eigenvalue weighted by Crippen LogP contribution is 2.39. The summed E-state index contributed by atoms with van der Waals surface area (Å²) in [6, 6.07) is 0.451. The predicted molar refractivity (Wildman–Crippen MR) is 86.0 cm³/mol. The molecule has 4 nitrogen and oxygen atoms in total. The summed E-state index contributed by atoms with van der Waals surface area (Å²) in [5.74, 6) is -0.0939. The summed E-state index contributed by atoms with van der Waals surface area (Å²) in [7, 11) is 0. The fourth-order valence-corrected chi connectivity index (χ4v) is 3.89. The lowest BCUT2D eigenvalue weighted by molar-refractivity contribution is -0.133. The Hall–Kier alpha value is -0.970. The summed E-state index contributed by atoms with van der Waals surface area (Å²) in [6.07, 6.45) is 6.90. The molecule has 1 heterocycles. The summed E-state index contributed by atoms with van der Waals surface area (Å²) in [4.78, 5) is 15.4. The summed E-state index contributed by atoms with van der Waals surface area (Å²) < 4.78 is 2.33. The molecule has 1 fully saturated rings. The topological polar surface area (TPSA) is 55.1 Å². The SMILES string of the molecule is CC1CCCCC1n1c(C(C)(C)C)cnc1SCC(=O)O. The number of thioether (sulfide) groups is 1. The molecule has 1 aliphatic rings. The third-order valence-electron chi connectivity index (χ3n) is 4.25. The zero-order chi connectivity index (χ0) is 15.6. The van der Waals surface area contributed by atoms with E-state index < -0.39 is 5.97 Å². The van der Waals surface area contributed by atoms with Gasteiger partial charge in [-0.1, -0.05) is 52.3 Å². The first-order valence-corrected chi connectivity index (χ1v) is 8.71. The van der Waals surface area contributed by atoms with Crippen LogP contribution >= 0.6 is 11.8 Å². The van der Waals surface area contributed by atoms with Gasteiger partial charge in [0.2, 0.25) is 0 Å². The van der Waals surface area contributed by atoms with Crippen LogP contribution in [0.25, 0.3) is 0 Å². The van der Waals surface area contributed by atoms with Crippen molar-refractivity contribution in [1.29, 1.82) is 0 Å². The molecule has 0 bridgehead atoms. The summed E-state index contributed by atoms with van der Waals surface area (Å²) in [6.45, 7) is 8.89. The van der Waals surface area contributed by atoms with Crippen LogP contribution in [0.5, 0.6) is 0 Å². The number of imidazole rings is 1. The van der Waals surface area contributed by atoms with Gasteiger partial charge in [-0.3, -0.25) is 4.79 Å². The first-order valence-electron chi connectivity index (χ1n) is 7.73. The molecule has 2 atom stereocenters. The number of carboxylic acid groups (broad SMARTS) is 1. The molecule has 2 rings (SSSR count). The van der Waals surface area contributed by atoms with Gasteiger partial charge in [0.1, 0.15) is 0 Å². The minimum absolute atomic E-state index is 0.0200. The van der Waals surface area contributed by atoms with E-state index in [0.717, 1.165) is 5.16 Å². The Morgan fingerprint density at radius 1 is 1.43 bits per heavy atom. The van der Waals surface area contributed by atoms with Gasteiger partial charge >= 0.3 is 5.97 Å². The van der Waals surface area contributed by atoms with Crippen molar-refractivity contribution in [1.82, 2.24) is 9.55 Å². The van der Waals surface area contributed by atoms with E-state index in [1.54, 1.807) is 0 Å². The van der Waals surface area contributed by atoms with E-state index in [1.807, 2.05) is 6.20 Å². The van der Waals surface area contributed by atoms with Crippen LogP contribution in [-0.2, 0) is 10.2 Å². The summed E-state index contributed by atoms with van der Waals surface area (Å²) in [5, 5.41) is 9.80. The van der Waals surface area contributed by atoms with Crippen molar-refractivity contribution < 1.29 is 9.90 Å². The second kappa shape index (κ2) is 6.42. The monoisotopic (exact) mass is 310 g/mol. The molecule has 1 N–H and O–H groups in total. The third kappa shape index (κ3) is 3.82. The number of hydrogen-bond donors (Lipinski definition) is 1. The lowest BCUT2D eigenvalue weighted by Gasteiger charge is -2.34. The maximum atomic E-state index is 10.9. The van der Waals surface area contributed by atoms with Crippen molar-refractivity contribution in [3.8, 4) is 0 Å². The van der Waals surface area contributed by atoms with Crippen LogP contribution in [0.15, 0.2) is 11.4 Å². The quantitative estimate of drug-likeness (QED) is 0.850. The van der Waals surface area contributed by atoms with Gasteiger partial charge in [-0.05, 0) is 18.8 Å². The summed E-state index contributed by atoms with van der Waals surface area (Å²) >= 11 is 1.34. The Kier molecular flexibility index (Phi) is 5.02. The summed E-state index contributed by atoms with van der Waals surface area (Å²) in [5.41, 5.74) is 1.24. The highest BCUT2D eigenvalue weighted by Gasteiger charge is 2.30. The number of hydrogen-bond acceptors (Lipinski definition) is 3. The average Bonchev–Trinajstić information content (AvgIpc) is 2.80. The Balaban J connectivity index is 2.37. The molecule has 5 heteroatoms. The fraction of sp³-hybridized carbons (Fsp3) is 0.750. The van der Waals surface area contributed by atoms with Gasteiger partial charge in [0.25, 0.3) is 0 Å². The van der Waals surface area contributed by atoms with E-state index in [1.165, 1.54) is 43.1 Å². The molecular weight excluding hydrogens is 284 g/mol. The van der Waals surface area contributed by atoms with E-state index in [9.17, 15) is 4.79 Å². The average molecular weight is 310 g/mol. The Bertz CT molecular complexity index is 505. The zero-order valence-corrected chi connectivity index (χ0v) is 14.2. The molecule has 0 saturated heterocycles. The highest BCUT2D eigenvalue weighted by atomic mass is 32.2. The molecular formula is C16H26N2O2S. The van der Waals surface area contributed by atoms with Crippen LogP contribution in [-0.4, -0.2) is 26.4 Å². The minimum atomic E-state index is -0.788. The Morgan fingerprint density at radius 2 is 2.10 bits per heavy atom. The van der Waals surface area contributed by atoms with Crippen LogP contribution in [0.4, 0.5) is 0 Å². The van der Waals surface area contributed by atoms with E-state index >= 15 is 0 Å². The van der Waals surface area contributed by atoms with Gasteiger partial charge in [0.05, 0.1) is 5.75 Å². The van der Waals surface area contributed by atoms with Crippen molar-refractivity contribution in [2.45, 2.75) is 70.0 Å². The lowest BCUT2D eigenvalue weighted by atomic mass is 9.84. The van der Waals surface area contributed by atoms with Crippen LogP contribution < -0.4 is 0 Å². The molecule has 0 amide bonds. The number of carboxylic acids is 1. The Morgan fingerprint density at radius 3 is 2.67 bits per heavy atom. The third-order valence-corrected chi connectivity index (χ3v) is 5.21. The standard InChI is InChI=1S/C16H26N2O2S/c1-11-7-5-6-8-12(11)18-13(16(2,3)4)9-17-15(18)21-10-14(19)20/h9,11-12H,5-8,10H2,1-4H3,(H,19,20). The van der Waals surface area contributed by atoms with Gasteiger partial charge in [-0.15, -0.1) is 0 Å². The van der Waals surface area contributed by atoms with E-state index in [0.29, 0.717) is 12.0 Å². The van der Waals surface area contributed by atoms with Gasteiger partial charge in [0.15, 0.2) is 5.16 Å². The second-order valence-corrected chi connectivity index (χ2v) is 8.00. The highest BCUT2D eigenvalue weighted by molar-refractivity contribution is 7.99. The van der Waals surface area contributed by atoms with Crippen molar-refractivity contribution >= 4 is 17.7 Å². The van der Waals surface area contributed by atoms with Crippen molar-refractivity contribution in [3.63, 3.8) is 0 Å². The maximum absolute atomic E-state index is 10.9. The number of rotatable bonds is 4. The van der Waals surface area contributed by atoms with Gasteiger partial charge in [-0.2, -0.15) is 0 Å². The van der Waals surface area contributed by atoms with Crippen molar-refractivity contribution in [2.75, 3.05) is 5.75 Å². The van der Waals surface area contributed by atoms with Gasteiger partial charge in [-0.25, -0.2) is 4.98 Å². The normalized spacial score (nSPS) is 23.2. The largest absolute Gasteiger partial charge is 0.481 e. The zero-order valence-electron chi connectivity index (χ0n) is 13.4. The Labute approximate surface area is 131 Å². The first-order chi connectivity index (χ1) is 9.80. The van der Waals surface area contributed by atoms with Crippen LogP contribution in [0.2, 0.25) is 0 Å². The second-order valence-electron chi connectivity index (χ2n) is 7.06. The minimum Gasteiger partial charge on any atom is -0.481 e. The van der Waals surface area contributed by atoms with Crippen LogP contribution in [0.3, 0.4) is 0 Å². The van der Waals surface area contributed by atoms with Gasteiger partial charge in [0, 0.05) is 23.3 Å². The number of nitrogens with zero attached hydrogens (tertiary/aromatic N) is 2. The molecule has 118 valence electrons. The van der Waals surface area contributed by atoms with E-state index in [4.69, 9.17) is 5.11 Å². The predicted octanol–water partition coefficient (Wildman–Crippen LogP) is 4.11. The molecule has 21 heavy (non-hydrogen) atoms. The molecule has 1 aromatic heterocycles. The smallest absolute Gasteiger partial charge is 0.313 e. The van der Waals surface area contributed by atoms with Gasteiger partial charge < -0.3 is 9.67 Å². The number of aliphatic carboxylic acids is 1. The molecule has 0 spiro atoms. The van der Waals surface area contributed by atoms with Crippen LogP contribution in [0, 0.1) is 5.92 Å². The van der Waals surface area contributed by atoms with Crippen LogP contribution in [0.1, 0.15) is 65.1 Å². The molecule has 0 aliphatic heterocycles. The maximum Gasteiger partial charge on any atom is 0.313 e. The van der Waals surface area contributed by atoms with Crippen molar-refractivity contribution in [2.24, 2.45) is 5.92 Å². The van der Waals surface area contributed by atoms with E-state index in [-0.39, 0.29) is 11.2 Å². The molecule has 1 saturated carbocycles. The molecule has 0 radical (unpaired) electrons.